The Labute approximate surface area is 134 Å². The zero-order valence-electron chi connectivity index (χ0n) is 12.3. The van der Waals surface area contributed by atoms with Crippen molar-refractivity contribution >= 4 is 39.8 Å². The maximum absolute atomic E-state index is 11.9. The summed E-state index contributed by atoms with van der Waals surface area (Å²) in [4.78, 5) is 8.12. The van der Waals surface area contributed by atoms with Gasteiger partial charge in [0.25, 0.3) is 0 Å². The number of hydrogen-bond acceptors (Lipinski definition) is 3. The van der Waals surface area contributed by atoms with Gasteiger partial charge in [0.15, 0.2) is 15.8 Å². The van der Waals surface area contributed by atoms with Crippen molar-refractivity contribution in [2.24, 2.45) is 10.9 Å². The van der Waals surface area contributed by atoms with Crippen LogP contribution in [0.15, 0.2) is 4.99 Å². The fraction of sp³-hybridized carbons (Fsp3) is 0.917. The molecule has 0 radical (unpaired) electrons. The van der Waals surface area contributed by atoms with E-state index in [0.717, 1.165) is 18.8 Å². The van der Waals surface area contributed by atoms with E-state index in [-0.39, 0.29) is 29.7 Å². The van der Waals surface area contributed by atoms with Crippen LogP contribution in [0.25, 0.3) is 0 Å². The predicted molar refractivity (Wildman–Crippen MR) is 91.1 cm³/mol. The molecule has 0 aliphatic heterocycles. The lowest BCUT2D eigenvalue weighted by Crippen LogP contribution is -2.36. The minimum absolute atomic E-state index is 0. The van der Waals surface area contributed by atoms with E-state index in [0.29, 0.717) is 18.2 Å². The van der Waals surface area contributed by atoms with Crippen molar-refractivity contribution in [1.82, 2.24) is 9.80 Å². The van der Waals surface area contributed by atoms with Crippen LogP contribution in [-0.2, 0) is 9.84 Å². The molecule has 1 aliphatic carbocycles. The van der Waals surface area contributed by atoms with Crippen molar-refractivity contribution in [2.45, 2.75) is 19.3 Å². The molecule has 0 aromatic heterocycles. The summed E-state index contributed by atoms with van der Waals surface area (Å²) in [7, 11) is 4.68. The second kappa shape index (κ2) is 8.28. The molecule has 0 aromatic rings. The average Bonchev–Trinajstić information content (AvgIpc) is 2.17. The largest absolute Gasteiger partial charge is 0.349 e. The Bertz CT molecular complexity index is 380. The van der Waals surface area contributed by atoms with Crippen LogP contribution in [-0.4, -0.2) is 70.4 Å². The van der Waals surface area contributed by atoms with Gasteiger partial charge in [-0.05, 0) is 18.8 Å². The summed E-state index contributed by atoms with van der Waals surface area (Å²) in [5, 5.41) is 0. The van der Waals surface area contributed by atoms with E-state index in [1.54, 1.807) is 0 Å². The van der Waals surface area contributed by atoms with Crippen LogP contribution in [0.3, 0.4) is 0 Å². The van der Waals surface area contributed by atoms with E-state index in [1.807, 2.05) is 38.0 Å². The van der Waals surface area contributed by atoms with Gasteiger partial charge in [0.1, 0.15) is 0 Å². The Kier molecular flexibility index (Phi) is 8.26. The molecule has 114 valence electrons. The Morgan fingerprint density at radius 1 is 1.16 bits per heavy atom. The van der Waals surface area contributed by atoms with Gasteiger partial charge in [-0.1, -0.05) is 6.42 Å². The molecule has 5 nitrogen and oxygen atoms in total. The fourth-order valence-electron chi connectivity index (χ4n) is 2.07. The van der Waals surface area contributed by atoms with Gasteiger partial charge >= 0.3 is 0 Å². The average molecular weight is 403 g/mol. The third-order valence-electron chi connectivity index (χ3n) is 3.17. The van der Waals surface area contributed by atoms with Gasteiger partial charge < -0.3 is 9.80 Å². The summed E-state index contributed by atoms with van der Waals surface area (Å²) in [5.41, 5.74) is 0. The summed E-state index contributed by atoms with van der Waals surface area (Å²) in [6.07, 6.45) is 3.33. The Balaban J connectivity index is 0.00000324. The van der Waals surface area contributed by atoms with Crippen LogP contribution in [0, 0.1) is 5.92 Å². The van der Waals surface area contributed by atoms with E-state index in [1.165, 1.54) is 6.42 Å². The number of aliphatic imine (C=N–C) groups is 1. The molecule has 0 unspecified atom stereocenters. The highest BCUT2D eigenvalue weighted by Gasteiger charge is 2.24. The van der Waals surface area contributed by atoms with E-state index < -0.39 is 9.84 Å². The van der Waals surface area contributed by atoms with E-state index in [4.69, 9.17) is 0 Å². The van der Waals surface area contributed by atoms with Gasteiger partial charge in [-0.3, -0.25) is 4.99 Å². The maximum atomic E-state index is 11.9. The van der Waals surface area contributed by atoms with Crippen molar-refractivity contribution in [2.75, 3.05) is 46.2 Å². The van der Waals surface area contributed by atoms with Gasteiger partial charge in [-0.15, -0.1) is 24.0 Å². The summed E-state index contributed by atoms with van der Waals surface area (Å²) in [6.45, 7) is 0.348. The molecule has 1 aliphatic rings. The second-order valence-corrected chi connectivity index (χ2v) is 7.61. The summed E-state index contributed by atoms with van der Waals surface area (Å²) in [5.74, 6) is 1.71. The molecule has 0 saturated heterocycles. The number of halogens is 1. The highest BCUT2D eigenvalue weighted by molar-refractivity contribution is 14.0. The molecule has 1 fully saturated rings. The van der Waals surface area contributed by atoms with Crippen molar-refractivity contribution in [3.8, 4) is 0 Å². The van der Waals surface area contributed by atoms with Crippen molar-refractivity contribution in [3.63, 3.8) is 0 Å². The van der Waals surface area contributed by atoms with E-state index >= 15 is 0 Å². The first-order valence-corrected chi connectivity index (χ1v) is 8.23. The topological polar surface area (TPSA) is 53.0 Å². The molecular formula is C12H26IN3O2S. The predicted octanol–water partition coefficient (Wildman–Crippen LogP) is 1.30. The lowest BCUT2D eigenvalue weighted by atomic mass is 9.87. The van der Waals surface area contributed by atoms with Crippen molar-refractivity contribution in [3.05, 3.63) is 0 Å². The van der Waals surface area contributed by atoms with Crippen LogP contribution in [0.1, 0.15) is 19.3 Å². The zero-order valence-corrected chi connectivity index (χ0v) is 15.4. The highest BCUT2D eigenvalue weighted by Crippen LogP contribution is 2.27. The molecule has 0 heterocycles. The van der Waals surface area contributed by atoms with Gasteiger partial charge in [0, 0.05) is 28.2 Å². The SMILES string of the molecule is CN(C)C(=NCCS(=O)(=O)CC1CCC1)N(C)C.I. The van der Waals surface area contributed by atoms with Crippen molar-refractivity contribution < 1.29 is 8.42 Å². The van der Waals surface area contributed by atoms with Gasteiger partial charge in [-0.25, -0.2) is 8.42 Å². The zero-order chi connectivity index (χ0) is 13.8. The molecule has 0 spiro atoms. The van der Waals surface area contributed by atoms with Crippen LogP contribution < -0.4 is 0 Å². The molecule has 1 rings (SSSR count). The Morgan fingerprint density at radius 3 is 2.05 bits per heavy atom. The number of sulfone groups is 1. The molecule has 0 aromatic carbocycles. The van der Waals surface area contributed by atoms with Crippen LogP contribution in [0.2, 0.25) is 0 Å². The normalized spacial score (nSPS) is 15.2. The monoisotopic (exact) mass is 403 g/mol. The molecular weight excluding hydrogens is 377 g/mol. The molecule has 1 saturated carbocycles. The molecule has 0 N–H and O–H groups in total. The lowest BCUT2D eigenvalue weighted by molar-refractivity contribution is 0.347. The summed E-state index contributed by atoms with van der Waals surface area (Å²) < 4.78 is 23.7. The molecule has 0 amide bonds. The van der Waals surface area contributed by atoms with Crippen molar-refractivity contribution in [1.29, 1.82) is 0 Å². The van der Waals surface area contributed by atoms with Crippen LogP contribution >= 0.6 is 24.0 Å². The first-order valence-electron chi connectivity index (χ1n) is 6.41. The minimum atomic E-state index is -2.93. The van der Waals surface area contributed by atoms with Gasteiger partial charge in [-0.2, -0.15) is 0 Å². The summed E-state index contributed by atoms with van der Waals surface area (Å²) in [6, 6.07) is 0. The Hall–Kier alpha value is -0.0500. The second-order valence-electron chi connectivity index (χ2n) is 5.38. The number of nitrogens with zero attached hydrogens (tertiary/aromatic N) is 3. The van der Waals surface area contributed by atoms with Gasteiger partial charge in [0.05, 0.1) is 18.1 Å². The number of rotatable bonds is 5. The number of guanidine groups is 1. The van der Waals surface area contributed by atoms with E-state index in [9.17, 15) is 8.42 Å². The maximum Gasteiger partial charge on any atom is 0.195 e. The van der Waals surface area contributed by atoms with E-state index in [2.05, 4.69) is 4.99 Å². The molecule has 7 heteroatoms. The smallest absolute Gasteiger partial charge is 0.195 e. The molecule has 0 bridgehead atoms. The molecule has 0 atom stereocenters. The molecule has 19 heavy (non-hydrogen) atoms. The standard InChI is InChI=1S/C12H25N3O2S.HI/c1-14(2)12(15(3)4)13-8-9-18(16,17)10-11-6-5-7-11;/h11H,5-10H2,1-4H3;1H. The third-order valence-corrected chi connectivity index (χ3v) is 4.95. The Morgan fingerprint density at radius 2 is 1.68 bits per heavy atom. The highest BCUT2D eigenvalue weighted by atomic mass is 127. The first kappa shape index (κ1) is 18.9. The third kappa shape index (κ3) is 6.78. The fourth-order valence-corrected chi connectivity index (χ4v) is 3.66. The number of hydrogen-bond donors (Lipinski definition) is 0. The lowest BCUT2D eigenvalue weighted by Gasteiger charge is -2.25. The first-order chi connectivity index (χ1) is 8.32. The minimum Gasteiger partial charge on any atom is -0.349 e. The van der Waals surface area contributed by atoms with Gasteiger partial charge in [0.2, 0.25) is 0 Å². The summed E-state index contributed by atoms with van der Waals surface area (Å²) >= 11 is 0. The quantitative estimate of drug-likeness (QED) is 0.395. The van der Waals surface area contributed by atoms with Crippen LogP contribution in [0.5, 0.6) is 0 Å². The van der Waals surface area contributed by atoms with Crippen LogP contribution in [0.4, 0.5) is 0 Å².